The van der Waals surface area contributed by atoms with Crippen molar-refractivity contribution in [2.24, 2.45) is 0 Å². The highest BCUT2D eigenvalue weighted by Crippen LogP contribution is 2.19. The highest BCUT2D eigenvalue weighted by molar-refractivity contribution is 6.25. The van der Waals surface area contributed by atoms with Crippen LogP contribution in [0.1, 0.15) is 17.3 Å². The summed E-state index contributed by atoms with van der Waals surface area (Å²) in [6.07, 6.45) is 1.40. The lowest BCUT2D eigenvalue weighted by Crippen LogP contribution is -2.73. The molecule has 1 aromatic carbocycles. The Morgan fingerprint density at radius 3 is 2.94 bits per heavy atom. The molecule has 2 rings (SSSR count). The van der Waals surface area contributed by atoms with Crippen molar-refractivity contribution in [1.29, 1.82) is 0 Å². The van der Waals surface area contributed by atoms with Crippen LogP contribution in [0.3, 0.4) is 0 Å². The zero-order valence-electron chi connectivity index (χ0n) is 9.20. The van der Waals surface area contributed by atoms with Gasteiger partial charge in [0, 0.05) is 6.07 Å². The van der Waals surface area contributed by atoms with Crippen molar-refractivity contribution >= 4 is 17.4 Å². The summed E-state index contributed by atoms with van der Waals surface area (Å²) in [5.74, 6) is -1.68. The molecule has 17 heavy (non-hydrogen) atoms. The maximum Gasteiger partial charge on any atom is 0.347 e. The van der Waals surface area contributed by atoms with E-state index in [-0.39, 0.29) is 17.7 Å². The molecule has 0 amide bonds. The van der Waals surface area contributed by atoms with Gasteiger partial charge in [0.15, 0.2) is 5.57 Å². The molecule has 0 saturated carbocycles. The smallest absolute Gasteiger partial charge is 0.347 e. The first-order valence-corrected chi connectivity index (χ1v) is 5.20. The van der Waals surface area contributed by atoms with E-state index in [9.17, 15) is 14.0 Å². The molecule has 1 heterocycles. The van der Waals surface area contributed by atoms with Gasteiger partial charge in [0.2, 0.25) is 5.78 Å². The van der Waals surface area contributed by atoms with Gasteiger partial charge in [-0.1, -0.05) is 0 Å². The Kier molecular flexibility index (Phi) is 3.01. The third-order valence-corrected chi connectivity index (χ3v) is 2.43. The monoisotopic (exact) mass is 236 g/mol. The molecule has 0 atom stereocenters. The number of carbonyl (C=O) groups excluding carboxylic acids is 2. The van der Waals surface area contributed by atoms with Crippen molar-refractivity contribution in [2.75, 3.05) is 6.61 Å². The maximum atomic E-state index is 13.0. The Bertz CT molecular complexity index is 522. The number of quaternary nitrogens is 1. The number of hydrogen-bond donors (Lipinski definition) is 1. The first kappa shape index (κ1) is 11.5. The molecular weight excluding hydrogens is 225 g/mol. The molecular formula is C12H11FNO3+. The predicted octanol–water partition coefficient (Wildman–Crippen LogP) is 0.664. The van der Waals surface area contributed by atoms with Crippen molar-refractivity contribution < 1.29 is 24.0 Å². The number of halogens is 1. The van der Waals surface area contributed by atoms with Crippen LogP contribution in [0, 0.1) is 5.82 Å². The molecule has 1 aliphatic heterocycles. The van der Waals surface area contributed by atoms with E-state index in [0.29, 0.717) is 5.69 Å². The summed E-state index contributed by atoms with van der Waals surface area (Å²) >= 11 is 0. The van der Waals surface area contributed by atoms with Crippen LogP contribution in [0.5, 0.6) is 0 Å². The van der Waals surface area contributed by atoms with Crippen molar-refractivity contribution in [3.8, 4) is 0 Å². The number of esters is 1. The normalized spacial score (nSPS) is 14.0. The third-order valence-electron chi connectivity index (χ3n) is 2.43. The van der Waals surface area contributed by atoms with E-state index in [4.69, 9.17) is 4.74 Å². The summed E-state index contributed by atoms with van der Waals surface area (Å²) in [6.45, 7) is 1.85. The number of nitrogens with two attached hydrogens (primary N) is 1. The lowest BCUT2D eigenvalue weighted by molar-refractivity contribution is -0.498. The van der Waals surface area contributed by atoms with Crippen molar-refractivity contribution in [3.05, 3.63) is 41.4 Å². The molecule has 0 fully saturated rings. The summed E-state index contributed by atoms with van der Waals surface area (Å²) < 4.78 is 17.8. The fraction of sp³-hybridized carbons (Fsp3) is 0.167. The minimum Gasteiger partial charge on any atom is -0.462 e. The van der Waals surface area contributed by atoms with E-state index >= 15 is 0 Å². The molecule has 1 aliphatic rings. The topological polar surface area (TPSA) is 60.0 Å². The zero-order valence-corrected chi connectivity index (χ0v) is 9.20. The highest BCUT2D eigenvalue weighted by Gasteiger charge is 2.30. The molecule has 0 unspecified atom stereocenters. The molecule has 0 saturated heterocycles. The predicted molar refractivity (Wildman–Crippen MR) is 57.0 cm³/mol. The molecule has 0 aromatic heterocycles. The van der Waals surface area contributed by atoms with Crippen molar-refractivity contribution in [1.82, 2.24) is 0 Å². The summed E-state index contributed by atoms with van der Waals surface area (Å²) in [5.41, 5.74) is 0.727. The van der Waals surface area contributed by atoms with E-state index in [1.54, 1.807) is 12.2 Å². The second-order valence-corrected chi connectivity index (χ2v) is 3.53. The van der Waals surface area contributed by atoms with Gasteiger partial charge in [-0.15, -0.1) is 0 Å². The van der Waals surface area contributed by atoms with Crippen molar-refractivity contribution in [3.63, 3.8) is 0 Å². The summed E-state index contributed by atoms with van der Waals surface area (Å²) in [4.78, 5) is 23.4. The molecule has 2 N–H and O–H groups in total. The summed E-state index contributed by atoms with van der Waals surface area (Å²) in [5, 5.41) is 1.60. The molecule has 0 bridgehead atoms. The Labute approximate surface area is 97.1 Å². The van der Waals surface area contributed by atoms with Crippen LogP contribution < -0.4 is 5.32 Å². The SMILES string of the molecule is CCOC(=O)C1=C[NH2+]c2ccc(F)cc2C1=O. The zero-order chi connectivity index (χ0) is 12.4. The van der Waals surface area contributed by atoms with E-state index < -0.39 is 17.6 Å². The number of fused-ring (bicyclic) bond motifs is 1. The quantitative estimate of drug-likeness (QED) is 0.466. The van der Waals surface area contributed by atoms with Gasteiger partial charge in [-0.05, 0) is 19.1 Å². The van der Waals surface area contributed by atoms with Crippen LogP contribution in [0.4, 0.5) is 10.1 Å². The number of carbonyl (C=O) groups is 2. The van der Waals surface area contributed by atoms with Gasteiger partial charge in [-0.2, -0.15) is 0 Å². The lowest BCUT2D eigenvalue weighted by atomic mass is 9.99. The fourth-order valence-corrected chi connectivity index (χ4v) is 1.63. The second-order valence-electron chi connectivity index (χ2n) is 3.53. The molecule has 4 nitrogen and oxygen atoms in total. The van der Waals surface area contributed by atoms with Crippen LogP contribution in [0.2, 0.25) is 0 Å². The Morgan fingerprint density at radius 1 is 1.47 bits per heavy atom. The number of Topliss-reactive ketones (excluding diaryl/α,β-unsaturated/α-hetero) is 1. The molecule has 0 aliphatic carbocycles. The minimum absolute atomic E-state index is 0.0649. The number of ether oxygens (including phenoxy) is 1. The van der Waals surface area contributed by atoms with Crippen molar-refractivity contribution in [2.45, 2.75) is 6.92 Å². The largest absolute Gasteiger partial charge is 0.462 e. The van der Waals surface area contributed by atoms with E-state index in [2.05, 4.69) is 0 Å². The van der Waals surface area contributed by atoms with Crippen LogP contribution in [-0.4, -0.2) is 18.4 Å². The highest BCUT2D eigenvalue weighted by atomic mass is 19.1. The Balaban J connectivity index is 2.35. The number of benzene rings is 1. The second kappa shape index (κ2) is 4.47. The van der Waals surface area contributed by atoms with Crippen LogP contribution >= 0.6 is 0 Å². The fourth-order valence-electron chi connectivity index (χ4n) is 1.63. The first-order chi connectivity index (χ1) is 8.13. The number of hydrogen-bond acceptors (Lipinski definition) is 3. The average Bonchev–Trinajstić information content (AvgIpc) is 2.30. The van der Waals surface area contributed by atoms with Gasteiger partial charge in [0.25, 0.3) is 0 Å². The third kappa shape index (κ3) is 2.09. The minimum atomic E-state index is -0.677. The van der Waals surface area contributed by atoms with Gasteiger partial charge in [0.1, 0.15) is 17.7 Å². The molecule has 88 valence electrons. The Hall–Kier alpha value is -2.01. The summed E-state index contributed by atoms with van der Waals surface area (Å²) in [6, 6.07) is 3.90. The van der Waals surface area contributed by atoms with Crippen LogP contribution in [0.25, 0.3) is 0 Å². The molecule has 0 spiro atoms. The van der Waals surface area contributed by atoms with E-state index in [0.717, 1.165) is 6.07 Å². The Morgan fingerprint density at radius 2 is 2.24 bits per heavy atom. The standard InChI is InChI=1S/C12H10FNO3/c1-2-17-12(16)9-6-14-10-4-3-7(13)5-8(10)11(9)15/h3-6H,2H2,1H3,(H,14,15)/p+1. The van der Waals surface area contributed by atoms with E-state index in [1.807, 2.05) is 0 Å². The van der Waals surface area contributed by atoms with Crippen LogP contribution in [0.15, 0.2) is 30.0 Å². The number of ketones is 1. The average molecular weight is 236 g/mol. The van der Waals surface area contributed by atoms with Gasteiger partial charge in [-0.3, -0.25) is 10.1 Å². The molecule has 0 radical (unpaired) electrons. The van der Waals surface area contributed by atoms with Gasteiger partial charge in [-0.25, -0.2) is 9.18 Å². The molecule has 5 heteroatoms. The summed E-state index contributed by atoms with van der Waals surface area (Å²) in [7, 11) is 0. The maximum absolute atomic E-state index is 13.0. The number of rotatable bonds is 2. The van der Waals surface area contributed by atoms with Crippen LogP contribution in [-0.2, 0) is 9.53 Å². The first-order valence-electron chi connectivity index (χ1n) is 5.20. The molecule has 1 aromatic rings. The van der Waals surface area contributed by atoms with Gasteiger partial charge in [0.05, 0.1) is 12.2 Å². The van der Waals surface area contributed by atoms with Gasteiger partial charge >= 0.3 is 5.97 Å². The van der Waals surface area contributed by atoms with E-state index in [1.165, 1.54) is 18.3 Å². The lowest BCUT2D eigenvalue weighted by Gasteiger charge is -2.12. The van der Waals surface area contributed by atoms with Gasteiger partial charge < -0.3 is 4.74 Å².